The van der Waals surface area contributed by atoms with Crippen LogP contribution < -0.4 is 4.90 Å². The second-order valence-corrected chi connectivity index (χ2v) is 13.3. The molecule has 47 heavy (non-hydrogen) atoms. The lowest BCUT2D eigenvalue weighted by Gasteiger charge is -2.38. The van der Waals surface area contributed by atoms with E-state index >= 15 is 0 Å². The zero-order valence-electron chi connectivity index (χ0n) is 27.3. The normalized spacial score (nSPS) is 19.7. The minimum absolute atomic E-state index is 0.0570. The van der Waals surface area contributed by atoms with E-state index in [-0.39, 0.29) is 11.5 Å². The second-order valence-electron chi connectivity index (χ2n) is 13.3. The van der Waals surface area contributed by atoms with Gasteiger partial charge in [-0.2, -0.15) is 0 Å². The third-order valence-electron chi connectivity index (χ3n) is 10.8. The number of para-hydroxylation sites is 6. The van der Waals surface area contributed by atoms with Crippen molar-refractivity contribution in [2.45, 2.75) is 51.5 Å². The maximum atomic E-state index is 2.65. The van der Waals surface area contributed by atoms with Crippen LogP contribution >= 0.6 is 0 Å². The lowest BCUT2D eigenvalue weighted by Crippen LogP contribution is -2.33. The molecule has 0 radical (unpaired) electrons. The number of benzene rings is 5. The van der Waals surface area contributed by atoms with Crippen molar-refractivity contribution < 1.29 is 0 Å². The standard InChI is InChI=1S/C44H39N3/c1-4-6-16-30(5-2)46-39-24-12-9-21-36(39)44(3)28-27-31(29-42(44)46)45-37-22-10-7-17-32(37)34-19-15-20-35-33-18-8-11-23-38(33)47(43(34)35)41-26-14-13-25-40(41)45/h5-26,29,31H,4,27-28H2,1-3H3/b16-6-,30-5+. The van der Waals surface area contributed by atoms with E-state index in [4.69, 9.17) is 0 Å². The van der Waals surface area contributed by atoms with Crippen molar-refractivity contribution in [3.05, 3.63) is 157 Å². The molecule has 3 nitrogen and oxygen atoms in total. The lowest BCUT2D eigenvalue weighted by atomic mass is 9.73. The van der Waals surface area contributed by atoms with Crippen molar-refractivity contribution in [2.75, 3.05) is 4.90 Å². The zero-order chi connectivity index (χ0) is 31.7. The smallest absolute Gasteiger partial charge is 0.0699 e. The molecule has 2 aromatic heterocycles. The molecule has 3 heteroatoms. The van der Waals surface area contributed by atoms with Gasteiger partial charge in [0, 0.05) is 49.6 Å². The van der Waals surface area contributed by atoms with E-state index in [1.807, 2.05) is 0 Å². The number of nitrogens with zero attached hydrogens (tertiary/aromatic N) is 3. The van der Waals surface area contributed by atoms with Crippen LogP contribution in [0, 0.1) is 0 Å². The number of hydrogen-bond acceptors (Lipinski definition) is 1. The Kier molecular flexibility index (Phi) is 6.33. The average molecular weight is 610 g/mol. The van der Waals surface area contributed by atoms with E-state index in [0.717, 1.165) is 19.3 Å². The predicted molar refractivity (Wildman–Crippen MR) is 200 cm³/mol. The van der Waals surface area contributed by atoms with Crippen LogP contribution in [0.2, 0.25) is 0 Å². The van der Waals surface area contributed by atoms with Gasteiger partial charge in [0.15, 0.2) is 0 Å². The number of rotatable bonds is 4. The van der Waals surface area contributed by atoms with E-state index in [2.05, 4.69) is 174 Å². The van der Waals surface area contributed by atoms with E-state index in [1.54, 1.807) is 0 Å². The van der Waals surface area contributed by atoms with Crippen LogP contribution in [0.5, 0.6) is 0 Å². The Hall–Kier alpha value is -5.28. The van der Waals surface area contributed by atoms with Crippen molar-refractivity contribution in [1.29, 1.82) is 0 Å². The molecule has 0 saturated heterocycles. The largest absolute Gasteiger partial charge is 0.332 e. The van der Waals surface area contributed by atoms with Gasteiger partial charge in [0.2, 0.25) is 0 Å². The lowest BCUT2D eigenvalue weighted by molar-refractivity contribution is 0.413. The fraction of sp³-hybridized carbons (Fsp3) is 0.182. The highest BCUT2D eigenvalue weighted by Crippen LogP contribution is 2.55. The van der Waals surface area contributed by atoms with E-state index < -0.39 is 0 Å². The van der Waals surface area contributed by atoms with Gasteiger partial charge in [0.1, 0.15) is 0 Å². The molecule has 9 rings (SSSR count). The van der Waals surface area contributed by atoms with E-state index in [9.17, 15) is 0 Å². The Balaban J connectivity index is 1.42. The molecule has 2 aliphatic rings. The first kappa shape index (κ1) is 28.0. The first-order valence-electron chi connectivity index (χ1n) is 17.1. The number of hydrogen-bond donors (Lipinski definition) is 0. The topological polar surface area (TPSA) is 12.6 Å². The first-order chi connectivity index (χ1) is 23.1. The van der Waals surface area contributed by atoms with Crippen LogP contribution in [0.15, 0.2) is 151 Å². The van der Waals surface area contributed by atoms with Crippen LogP contribution in [0.3, 0.4) is 0 Å². The van der Waals surface area contributed by atoms with Crippen molar-refractivity contribution in [2.24, 2.45) is 0 Å². The molecule has 1 aliphatic heterocycles. The number of aromatic nitrogens is 2. The maximum absolute atomic E-state index is 2.65. The molecule has 0 N–H and O–H groups in total. The van der Waals surface area contributed by atoms with Gasteiger partial charge >= 0.3 is 0 Å². The molecule has 7 aromatic rings. The summed E-state index contributed by atoms with van der Waals surface area (Å²) in [6.45, 7) is 6.83. The third kappa shape index (κ3) is 3.92. The molecular formula is C44H39N3. The highest BCUT2D eigenvalue weighted by atomic mass is 15.2. The quantitative estimate of drug-likeness (QED) is 0.181. The van der Waals surface area contributed by atoms with Crippen LogP contribution in [0.25, 0.3) is 49.1 Å². The Morgan fingerprint density at radius 1 is 0.723 bits per heavy atom. The summed E-state index contributed by atoms with van der Waals surface area (Å²) < 4.78 is 5.16. The molecule has 0 amide bonds. The SMILES string of the molecule is C/C=C(\C=C/CC)N1C2=CC(n3c4ccccc4c4cccc5c6ccccc6n(c6ccccc63)c45)CCC2(C)c2ccccc21. The van der Waals surface area contributed by atoms with Gasteiger partial charge < -0.3 is 13.9 Å². The second kappa shape index (κ2) is 10.6. The minimum atomic E-state index is -0.0570. The van der Waals surface area contributed by atoms with Crippen LogP contribution in [-0.4, -0.2) is 8.97 Å². The molecule has 3 heterocycles. The van der Waals surface area contributed by atoms with Crippen molar-refractivity contribution in [3.8, 4) is 0 Å². The van der Waals surface area contributed by atoms with Crippen molar-refractivity contribution >= 4 is 54.8 Å². The zero-order valence-corrected chi connectivity index (χ0v) is 27.3. The Morgan fingerprint density at radius 2 is 1.34 bits per heavy atom. The van der Waals surface area contributed by atoms with Crippen LogP contribution in [-0.2, 0) is 5.41 Å². The molecule has 0 bridgehead atoms. The first-order valence-corrected chi connectivity index (χ1v) is 17.1. The molecule has 2 atom stereocenters. The van der Waals surface area contributed by atoms with Gasteiger partial charge in [-0.1, -0.05) is 104 Å². The minimum Gasteiger partial charge on any atom is -0.332 e. The van der Waals surface area contributed by atoms with Gasteiger partial charge in [0.05, 0.1) is 28.1 Å². The van der Waals surface area contributed by atoms with Gasteiger partial charge in [-0.15, -0.1) is 0 Å². The molecule has 5 aromatic carbocycles. The summed E-state index contributed by atoms with van der Waals surface area (Å²) in [5.74, 6) is 0. The summed E-state index contributed by atoms with van der Waals surface area (Å²) in [5.41, 5.74) is 11.5. The molecule has 1 aliphatic carbocycles. The van der Waals surface area contributed by atoms with Crippen molar-refractivity contribution in [3.63, 3.8) is 0 Å². The van der Waals surface area contributed by atoms with Gasteiger partial charge in [-0.05, 0) is 81.2 Å². The number of anilines is 1. The van der Waals surface area contributed by atoms with Gasteiger partial charge in [-0.25, -0.2) is 0 Å². The Labute approximate surface area is 276 Å². The molecular weight excluding hydrogens is 571 g/mol. The number of fused-ring (bicyclic) bond motifs is 10. The van der Waals surface area contributed by atoms with E-state index in [0.29, 0.717) is 0 Å². The highest BCUT2D eigenvalue weighted by Gasteiger charge is 2.46. The van der Waals surface area contributed by atoms with Gasteiger partial charge in [0.25, 0.3) is 0 Å². The molecule has 0 fully saturated rings. The van der Waals surface area contributed by atoms with Crippen molar-refractivity contribution in [1.82, 2.24) is 8.97 Å². The number of allylic oxidation sites excluding steroid dienone is 5. The summed E-state index contributed by atoms with van der Waals surface area (Å²) >= 11 is 0. The summed E-state index contributed by atoms with van der Waals surface area (Å²) in [4.78, 5) is 2.54. The third-order valence-corrected chi connectivity index (χ3v) is 10.8. The predicted octanol–water partition coefficient (Wildman–Crippen LogP) is 11.8. The monoisotopic (exact) mass is 609 g/mol. The van der Waals surface area contributed by atoms with E-state index in [1.165, 1.54) is 71.8 Å². The molecule has 230 valence electrons. The Morgan fingerprint density at radius 3 is 2.09 bits per heavy atom. The maximum Gasteiger partial charge on any atom is 0.0699 e. The summed E-state index contributed by atoms with van der Waals surface area (Å²) in [6.07, 6.45) is 12.6. The fourth-order valence-electron chi connectivity index (χ4n) is 8.63. The average Bonchev–Trinajstić information content (AvgIpc) is 3.58. The molecule has 0 spiro atoms. The fourth-order valence-corrected chi connectivity index (χ4v) is 8.63. The molecule has 2 unspecified atom stereocenters. The summed E-state index contributed by atoms with van der Waals surface area (Å²) in [6, 6.07) is 43.0. The van der Waals surface area contributed by atoms with Crippen LogP contribution in [0.4, 0.5) is 5.69 Å². The summed E-state index contributed by atoms with van der Waals surface area (Å²) in [5, 5.41) is 5.14. The molecule has 0 saturated carbocycles. The highest BCUT2D eigenvalue weighted by molar-refractivity contribution is 6.20. The van der Waals surface area contributed by atoms with Gasteiger partial charge in [-0.3, -0.25) is 0 Å². The van der Waals surface area contributed by atoms with Crippen LogP contribution in [0.1, 0.15) is 51.6 Å². The Bertz CT molecular complexity index is 2500. The summed E-state index contributed by atoms with van der Waals surface area (Å²) in [7, 11) is 0.